The molecule has 0 bridgehead atoms. The summed E-state index contributed by atoms with van der Waals surface area (Å²) in [6.07, 6.45) is 3.89. The van der Waals surface area contributed by atoms with E-state index in [-0.39, 0.29) is 11.7 Å². The Balaban J connectivity index is 1.55. The highest BCUT2D eigenvalue weighted by atomic mass is 32.2. The van der Waals surface area contributed by atoms with E-state index in [1.54, 1.807) is 11.3 Å². The summed E-state index contributed by atoms with van der Waals surface area (Å²) in [4.78, 5) is 17.8. The number of hydrogen-bond acceptors (Lipinski definition) is 5. The van der Waals surface area contributed by atoms with Gasteiger partial charge in [-0.3, -0.25) is 9.89 Å². The molecule has 0 saturated carbocycles. The van der Waals surface area contributed by atoms with Crippen LogP contribution in [0.5, 0.6) is 0 Å². The molecule has 0 aliphatic carbocycles. The second-order valence-corrected chi connectivity index (χ2v) is 8.43. The number of anilines is 1. The molecule has 0 atom stereocenters. The van der Waals surface area contributed by atoms with Crippen LogP contribution in [0, 0.1) is 27.7 Å². The van der Waals surface area contributed by atoms with Crippen LogP contribution in [0.15, 0.2) is 29.4 Å². The molecular formula is C20H22N4OS2. The van der Waals surface area contributed by atoms with Crippen molar-refractivity contribution in [1.29, 1.82) is 0 Å². The zero-order valence-electron chi connectivity index (χ0n) is 15.8. The number of carbonyl (C=O) groups is 1. The summed E-state index contributed by atoms with van der Waals surface area (Å²) < 4.78 is 0. The average molecular weight is 399 g/mol. The fourth-order valence-electron chi connectivity index (χ4n) is 2.49. The summed E-state index contributed by atoms with van der Waals surface area (Å²) in [5.41, 5.74) is 4.72. The van der Waals surface area contributed by atoms with Gasteiger partial charge >= 0.3 is 0 Å². The molecule has 27 heavy (non-hydrogen) atoms. The Morgan fingerprint density at radius 3 is 2.67 bits per heavy atom. The largest absolute Gasteiger partial charge is 0.317 e. The maximum atomic E-state index is 12.2. The predicted octanol–water partition coefficient (Wildman–Crippen LogP) is 5.00. The number of H-pyrrole nitrogens is 1. The molecular weight excluding hydrogens is 376 g/mol. The van der Waals surface area contributed by atoms with Crippen molar-refractivity contribution in [2.75, 3.05) is 11.1 Å². The zero-order chi connectivity index (χ0) is 19.4. The number of aryl methyl sites for hydroxylation is 2. The molecule has 0 fully saturated rings. The fourth-order valence-corrected chi connectivity index (χ4v) is 4.18. The van der Waals surface area contributed by atoms with Crippen molar-refractivity contribution in [3.63, 3.8) is 0 Å². The molecule has 140 valence electrons. The smallest absolute Gasteiger partial charge is 0.235 e. The van der Waals surface area contributed by atoms with Crippen LogP contribution < -0.4 is 5.32 Å². The number of nitrogens with zero attached hydrogens (tertiary/aromatic N) is 2. The number of thiophene rings is 1. The maximum Gasteiger partial charge on any atom is 0.235 e. The predicted molar refractivity (Wildman–Crippen MR) is 114 cm³/mol. The van der Waals surface area contributed by atoms with Crippen molar-refractivity contribution in [3.05, 3.63) is 57.2 Å². The van der Waals surface area contributed by atoms with Crippen LogP contribution in [0.3, 0.4) is 0 Å². The minimum atomic E-state index is -0.0499. The van der Waals surface area contributed by atoms with Gasteiger partial charge in [0.1, 0.15) is 5.82 Å². The van der Waals surface area contributed by atoms with E-state index in [2.05, 4.69) is 53.4 Å². The van der Waals surface area contributed by atoms with Gasteiger partial charge in [0.05, 0.1) is 10.8 Å². The summed E-state index contributed by atoms with van der Waals surface area (Å²) in [6, 6.07) is 8.14. The molecule has 0 spiro atoms. The Morgan fingerprint density at radius 1 is 1.19 bits per heavy atom. The summed E-state index contributed by atoms with van der Waals surface area (Å²) in [7, 11) is 0. The number of amides is 1. The first-order valence-electron chi connectivity index (χ1n) is 8.59. The molecule has 3 rings (SSSR count). The van der Waals surface area contributed by atoms with Gasteiger partial charge in [-0.25, -0.2) is 4.98 Å². The first-order chi connectivity index (χ1) is 12.9. The van der Waals surface area contributed by atoms with E-state index >= 15 is 0 Å². The molecule has 0 saturated heterocycles. The quantitative estimate of drug-likeness (QED) is 0.573. The number of rotatable bonds is 6. The summed E-state index contributed by atoms with van der Waals surface area (Å²) >= 11 is 2.93. The van der Waals surface area contributed by atoms with Crippen LogP contribution in [-0.4, -0.2) is 26.8 Å². The number of hydrogen-bond donors (Lipinski definition) is 2. The number of benzene rings is 1. The molecule has 0 aliphatic rings. The van der Waals surface area contributed by atoms with E-state index in [0.29, 0.717) is 11.0 Å². The molecule has 7 heteroatoms. The number of aromatic amines is 1. The lowest BCUT2D eigenvalue weighted by molar-refractivity contribution is -0.113. The van der Waals surface area contributed by atoms with E-state index in [0.717, 1.165) is 16.1 Å². The summed E-state index contributed by atoms with van der Waals surface area (Å²) in [5.74, 6) is 0.890. The first-order valence-corrected chi connectivity index (χ1v) is 10.4. The van der Waals surface area contributed by atoms with Crippen LogP contribution in [0.4, 0.5) is 5.00 Å². The second-order valence-electron chi connectivity index (χ2n) is 6.27. The fraction of sp³-hybridized carbons (Fsp3) is 0.250. The first kappa shape index (κ1) is 19.4. The molecule has 2 N–H and O–H groups in total. The normalized spacial score (nSPS) is 11.3. The Bertz CT molecular complexity index is 988. The number of nitrogens with one attached hydrogen (secondary N) is 2. The Labute approximate surface area is 167 Å². The van der Waals surface area contributed by atoms with E-state index in [4.69, 9.17) is 0 Å². The van der Waals surface area contributed by atoms with Crippen LogP contribution in [0.2, 0.25) is 0 Å². The van der Waals surface area contributed by atoms with Crippen molar-refractivity contribution in [3.8, 4) is 0 Å². The van der Waals surface area contributed by atoms with E-state index in [1.807, 2.05) is 31.2 Å². The summed E-state index contributed by atoms with van der Waals surface area (Å²) in [6.45, 7) is 8.24. The van der Waals surface area contributed by atoms with Crippen molar-refractivity contribution in [2.45, 2.75) is 32.9 Å². The lowest BCUT2D eigenvalue weighted by Gasteiger charge is -2.02. The van der Waals surface area contributed by atoms with Crippen LogP contribution >= 0.6 is 23.1 Å². The highest BCUT2D eigenvalue weighted by Gasteiger charge is 2.12. The maximum absolute atomic E-state index is 12.2. The lowest BCUT2D eigenvalue weighted by atomic mass is 10.1. The highest BCUT2D eigenvalue weighted by Crippen LogP contribution is 2.31. The van der Waals surface area contributed by atoms with Gasteiger partial charge in [-0.2, -0.15) is 0 Å². The minimum Gasteiger partial charge on any atom is -0.317 e. The molecule has 1 aromatic carbocycles. The third-order valence-corrected chi connectivity index (χ3v) is 6.44. The molecule has 0 aliphatic heterocycles. The third kappa shape index (κ3) is 4.87. The Hall–Kier alpha value is -2.38. The van der Waals surface area contributed by atoms with Gasteiger partial charge < -0.3 is 5.32 Å². The third-order valence-electron chi connectivity index (χ3n) is 4.36. The number of thioether (sulfide) groups is 1. The van der Waals surface area contributed by atoms with E-state index in [9.17, 15) is 4.79 Å². The lowest BCUT2D eigenvalue weighted by Crippen LogP contribution is -2.13. The van der Waals surface area contributed by atoms with Gasteiger partial charge in [-0.1, -0.05) is 42.1 Å². The van der Waals surface area contributed by atoms with E-state index < -0.39 is 0 Å². The minimum absolute atomic E-state index is 0.0499. The van der Waals surface area contributed by atoms with Gasteiger partial charge in [0.25, 0.3) is 0 Å². The summed E-state index contributed by atoms with van der Waals surface area (Å²) in [5, 5.41) is 11.5. The monoisotopic (exact) mass is 398 g/mol. The average Bonchev–Trinajstić information content (AvgIpc) is 3.20. The molecule has 0 radical (unpaired) electrons. The van der Waals surface area contributed by atoms with Crippen molar-refractivity contribution >= 4 is 46.2 Å². The SMILES string of the molecule is Cc1ccccc1/C=C/c1nc(SCC(=O)Nc2sc(C)c(C)c2C)n[nH]1. The Kier molecular flexibility index (Phi) is 6.13. The van der Waals surface area contributed by atoms with Gasteiger partial charge in [0.15, 0.2) is 0 Å². The van der Waals surface area contributed by atoms with E-state index in [1.165, 1.54) is 27.8 Å². The van der Waals surface area contributed by atoms with Crippen LogP contribution in [0.1, 0.15) is 33.0 Å². The Morgan fingerprint density at radius 2 is 1.96 bits per heavy atom. The molecule has 1 amide bonds. The number of carbonyl (C=O) groups excluding carboxylic acids is 1. The van der Waals surface area contributed by atoms with Crippen molar-refractivity contribution in [1.82, 2.24) is 15.2 Å². The zero-order valence-corrected chi connectivity index (χ0v) is 17.4. The second kappa shape index (κ2) is 8.54. The van der Waals surface area contributed by atoms with Crippen LogP contribution in [-0.2, 0) is 4.79 Å². The standard InChI is InChI=1S/C20H22N4OS2/c1-12-7-5-6-8-16(12)9-10-17-21-20(24-23-17)26-11-18(25)22-19-14(3)13(2)15(4)27-19/h5-10H,11H2,1-4H3,(H,22,25)(H,21,23,24)/b10-9+. The van der Waals surface area contributed by atoms with Gasteiger partial charge in [-0.05, 0) is 56.0 Å². The van der Waals surface area contributed by atoms with Gasteiger partial charge in [0, 0.05) is 4.88 Å². The number of aromatic nitrogens is 3. The molecule has 3 aromatic rings. The topological polar surface area (TPSA) is 70.7 Å². The van der Waals surface area contributed by atoms with Crippen molar-refractivity contribution < 1.29 is 4.79 Å². The molecule has 2 heterocycles. The van der Waals surface area contributed by atoms with Crippen LogP contribution in [0.25, 0.3) is 12.2 Å². The molecule has 2 aromatic heterocycles. The van der Waals surface area contributed by atoms with Gasteiger partial charge in [-0.15, -0.1) is 16.4 Å². The van der Waals surface area contributed by atoms with Gasteiger partial charge in [0.2, 0.25) is 11.1 Å². The highest BCUT2D eigenvalue weighted by molar-refractivity contribution is 7.99. The molecule has 0 unspecified atom stereocenters. The van der Waals surface area contributed by atoms with Crippen molar-refractivity contribution in [2.24, 2.45) is 0 Å². The molecule has 5 nitrogen and oxygen atoms in total.